The van der Waals surface area contributed by atoms with Crippen LogP contribution in [-0.4, -0.2) is 11.4 Å². The van der Waals surface area contributed by atoms with Gasteiger partial charge in [0.15, 0.2) is 5.17 Å². The summed E-state index contributed by atoms with van der Waals surface area (Å²) in [6.07, 6.45) is 1.66. The lowest BCUT2D eigenvalue weighted by molar-refractivity contribution is 0.306. The highest BCUT2D eigenvalue weighted by molar-refractivity contribution is 8.13. The molecule has 3 aromatic carbocycles. The van der Waals surface area contributed by atoms with E-state index >= 15 is 0 Å². The summed E-state index contributed by atoms with van der Waals surface area (Å²) in [5, 5.41) is 8.60. The average Bonchev–Trinajstić information content (AvgIpc) is 2.73. The average molecular weight is 375 g/mol. The van der Waals surface area contributed by atoms with Crippen LogP contribution in [0.2, 0.25) is 0 Å². The van der Waals surface area contributed by atoms with Crippen LogP contribution in [0.5, 0.6) is 5.75 Å². The summed E-state index contributed by atoms with van der Waals surface area (Å²) in [7, 11) is 0. The smallest absolute Gasteiger partial charge is 0.180 e. The lowest BCUT2D eigenvalue weighted by Crippen LogP contribution is -2.06. The minimum absolute atomic E-state index is 0.429. The van der Waals surface area contributed by atoms with Crippen molar-refractivity contribution in [1.82, 2.24) is 0 Å². The fourth-order valence-corrected chi connectivity index (χ4v) is 2.97. The normalized spacial score (nSPS) is 11.6. The maximum Gasteiger partial charge on any atom is 0.180 e. The standard InChI is InChI=1S/C22H21N3OS/c23-22(27-17-19-11-5-2-6-12-19)25-24-15-20-13-7-8-14-21(20)26-16-18-9-3-1-4-10-18/h1-15H,16-17H2,(H2,23,25). The molecule has 0 aromatic heterocycles. The second-order valence-corrected chi connectivity index (χ2v) is 6.76. The van der Waals surface area contributed by atoms with Gasteiger partial charge in [0, 0.05) is 11.3 Å². The van der Waals surface area contributed by atoms with Crippen LogP contribution in [0.4, 0.5) is 0 Å². The predicted molar refractivity (Wildman–Crippen MR) is 114 cm³/mol. The van der Waals surface area contributed by atoms with E-state index in [9.17, 15) is 0 Å². The first kappa shape index (κ1) is 18.7. The van der Waals surface area contributed by atoms with Crippen molar-refractivity contribution >= 4 is 23.1 Å². The molecule has 4 nitrogen and oxygen atoms in total. The first-order valence-corrected chi connectivity index (χ1v) is 9.59. The molecular formula is C22H21N3OS. The predicted octanol–water partition coefficient (Wildman–Crippen LogP) is 4.85. The Balaban J connectivity index is 1.57. The Hall–Kier alpha value is -3.05. The molecule has 0 heterocycles. The highest BCUT2D eigenvalue weighted by Crippen LogP contribution is 2.18. The van der Waals surface area contributed by atoms with E-state index in [0.717, 1.165) is 22.6 Å². The van der Waals surface area contributed by atoms with Gasteiger partial charge in [0.1, 0.15) is 12.4 Å². The minimum Gasteiger partial charge on any atom is -0.488 e. The summed E-state index contributed by atoms with van der Waals surface area (Å²) < 4.78 is 5.91. The second kappa shape index (κ2) is 10.2. The Kier molecular flexibility index (Phi) is 7.07. The topological polar surface area (TPSA) is 60.0 Å². The maximum atomic E-state index is 5.93. The fourth-order valence-electron chi connectivity index (χ4n) is 2.36. The third kappa shape index (κ3) is 6.31. The number of para-hydroxylation sites is 1. The monoisotopic (exact) mass is 375 g/mol. The van der Waals surface area contributed by atoms with Crippen molar-refractivity contribution in [2.24, 2.45) is 15.9 Å². The zero-order chi connectivity index (χ0) is 18.7. The Labute approximate surface area is 163 Å². The number of thioether (sulfide) groups is 1. The maximum absolute atomic E-state index is 5.93. The third-order valence-corrected chi connectivity index (χ3v) is 4.59. The summed E-state index contributed by atoms with van der Waals surface area (Å²) in [6, 6.07) is 27.9. The van der Waals surface area contributed by atoms with E-state index in [4.69, 9.17) is 10.5 Å². The van der Waals surface area contributed by atoms with Gasteiger partial charge in [0.2, 0.25) is 0 Å². The quantitative estimate of drug-likeness (QED) is 0.365. The first-order chi connectivity index (χ1) is 13.3. The molecule has 27 heavy (non-hydrogen) atoms. The summed E-state index contributed by atoms with van der Waals surface area (Å²) in [4.78, 5) is 0. The van der Waals surface area contributed by atoms with Crippen molar-refractivity contribution in [3.8, 4) is 5.75 Å². The van der Waals surface area contributed by atoms with Gasteiger partial charge in [0.05, 0.1) is 6.21 Å². The summed E-state index contributed by atoms with van der Waals surface area (Å²) in [6.45, 7) is 0.504. The Morgan fingerprint density at radius 1 is 0.852 bits per heavy atom. The van der Waals surface area contributed by atoms with Crippen molar-refractivity contribution in [1.29, 1.82) is 0 Å². The molecule has 0 bridgehead atoms. The Morgan fingerprint density at radius 3 is 2.22 bits per heavy atom. The van der Waals surface area contributed by atoms with Gasteiger partial charge in [0.25, 0.3) is 0 Å². The van der Waals surface area contributed by atoms with Crippen LogP contribution >= 0.6 is 11.8 Å². The van der Waals surface area contributed by atoms with Crippen molar-refractivity contribution in [2.45, 2.75) is 12.4 Å². The van der Waals surface area contributed by atoms with E-state index in [-0.39, 0.29) is 0 Å². The molecule has 5 heteroatoms. The molecule has 136 valence electrons. The van der Waals surface area contributed by atoms with Gasteiger partial charge >= 0.3 is 0 Å². The molecule has 0 atom stereocenters. The van der Waals surface area contributed by atoms with Crippen LogP contribution in [0.15, 0.2) is 95.1 Å². The van der Waals surface area contributed by atoms with Gasteiger partial charge in [-0.3, -0.25) is 0 Å². The van der Waals surface area contributed by atoms with Crippen molar-refractivity contribution in [3.05, 3.63) is 102 Å². The number of hydrogen-bond donors (Lipinski definition) is 1. The van der Waals surface area contributed by atoms with Gasteiger partial charge in [-0.2, -0.15) is 5.10 Å². The fraction of sp³-hybridized carbons (Fsp3) is 0.0909. The van der Waals surface area contributed by atoms with Gasteiger partial charge in [-0.05, 0) is 23.3 Å². The number of amidine groups is 1. The number of nitrogens with zero attached hydrogens (tertiary/aromatic N) is 2. The molecule has 0 aliphatic heterocycles. The summed E-state index contributed by atoms with van der Waals surface area (Å²) in [5.41, 5.74) is 9.10. The minimum atomic E-state index is 0.429. The summed E-state index contributed by atoms with van der Waals surface area (Å²) >= 11 is 1.46. The second-order valence-electron chi connectivity index (χ2n) is 5.77. The lowest BCUT2D eigenvalue weighted by atomic mass is 10.2. The third-order valence-electron chi connectivity index (χ3n) is 3.74. The van der Waals surface area contributed by atoms with E-state index in [2.05, 4.69) is 22.3 Å². The van der Waals surface area contributed by atoms with Crippen LogP contribution in [0.1, 0.15) is 16.7 Å². The van der Waals surface area contributed by atoms with E-state index in [0.29, 0.717) is 11.8 Å². The lowest BCUT2D eigenvalue weighted by Gasteiger charge is -2.08. The van der Waals surface area contributed by atoms with Crippen LogP contribution < -0.4 is 10.5 Å². The van der Waals surface area contributed by atoms with Crippen LogP contribution in [0, 0.1) is 0 Å². The molecule has 0 amide bonds. The van der Waals surface area contributed by atoms with E-state index in [1.54, 1.807) is 6.21 Å². The largest absolute Gasteiger partial charge is 0.488 e. The van der Waals surface area contributed by atoms with E-state index in [1.807, 2.05) is 72.8 Å². The molecule has 3 aromatic rings. The van der Waals surface area contributed by atoms with Gasteiger partial charge < -0.3 is 10.5 Å². The van der Waals surface area contributed by atoms with Crippen LogP contribution in [-0.2, 0) is 12.4 Å². The van der Waals surface area contributed by atoms with Crippen molar-refractivity contribution in [2.75, 3.05) is 0 Å². The zero-order valence-electron chi connectivity index (χ0n) is 14.9. The molecule has 0 saturated carbocycles. The number of hydrogen-bond acceptors (Lipinski definition) is 4. The number of nitrogens with two attached hydrogens (primary N) is 1. The van der Waals surface area contributed by atoms with Gasteiger partial charge in [-0.1, -0.05) is 84.6 Å². The SMILES string of the molecule is NC(=NN=Cc1ccccc1OCc1ccccc1)SCc1ccccc1. The molecule has 0 unspecified atom stereocenters. The van der Waals surface area contributed by atoms with E-state index in [1.165, 1.54) is 17.3 Å². The molecule has 2 N–H and O–H groups in total. The first-order valence-electron chi connectivity index (χ1n) is 8.60. The number of benzene rings is 3. The van der Waals surface area contributed by atoms with Gasteiger partial charge in [-0.15, -0.1) is 5.10 Å². The van der Waals surface area contributed by atoms with Crippen LogP contribution in [0.3, 0.4) is 0 Å². The number of ether oxygens (including phenoxy) is 1. The summed E-state index contributed by atoms with van der Waals surface area (Å²) in [5.74, 6) is 1.53. The zero-order valence-corrected chi connectivity index (χ0v) is 15.7. The van der Waals surface area contributed by atoms with E-state index < -0.39 is 0 Å². The molecule has 0 spiro atoms. The molecule has 0 fully saturated rings. The molecule has 3 rings (SSSR count). The Bertz CT molecular complexity index is 896. The molecule has 0 radical (unpaired) electrons. The highest BCUT2D eigenvalue weighted by atomic mass is 32.2. The Morgan fingerprint density at radius 2 is 1.48 bits per heavy atom. The van der Waals surface area contributed by atoms with Crippen LogP contribution in [0.25, 0.3) is 0 Å². The van der Waals surface area contributed by atoms with Gasteiger partial charge in [-0.25, -0.2) is 0 Å². The number of rotatable bonds is 7. The van der Waals surface area contributed by atoms with Crippen molar-refractivity contribution in [3.63, 3.8) is 0 Å². The molecule has 0 saturated heterocycles. The molecule has 0 aliphatic carbocycles. The van der Waals surface area contributed by atoms with Crippen molar-refractivity contribution < 1.29 is 4.74 Å². The molecular weight excluding hydrogens is 354 g/mol. The highest BCUT2D eigenvalue weighted by Gasteiger charge is 2.01. The molecule has 0 aliphatic rings.